The average Bonchev–Trinajstić information content (AvgIpc) is 2.81. The maximum absolute atomic E-state index is 13.2. The molecule has 1 amide bonds. The number of fused-ring (bicyclic) bond motifs is 2. The molecule has 4 heteroatoms. The van der Waals surface area contributed by atoms with Gasteiger partial charge in [-0.3, -0.25) is 9.69 Å². The number of amides is 1. The number of nitrogens with zero attached hydrogens (tertiary/aromatic N) is 2. The Morgan fingerprint density at radius 3 is 2.60 bits per heavy atom. The summed E-state index contributed by atoms with van der Waals surface area (Å²) in [7, 11) is 2.22. The van der Waals surface area contributed by atoms with Crippen molar-refractivity contribution in [3.8, 4) is 0 Å². The summed E-state index contributed by atoms with van der Waals surface area (Å²) in [6.07, 6.45) is 3.60. The third-order valence-corrected chi connectivity index (χ3v) is 6.38. The minimum Gasteiger partial charge on any atom is -0.382 e. The molecule has 0 spiro atoms. The summed E-state index contributed by atoms with van der Waals surface area (Å²) in [6, 6.07) is 7.64. The molecule has 2 heterocycles. The van der Waals surface area contributed by atoms with Crippen LogP contribution in [0.25, 0.3) is 0 Å². The molecule has 2 bridgehead atoms. The molecule has 25 heavy (non-hydrogen) atoms. The maximum atomic E-state index is 13.2. The first-order valence-electron chi connectivity index (χ1n) is 9.75. The topological polar surface area (TPSA) is 35.6 Å². The van der Waals surface area contributed by atoms with Gasteiger partial charge in [0.1, 0.15) is 0 Å². The van der Waals surface area contributed by atoms with Gasteiger partial charge in [-0.15, -0.1) is 0 Å². The Morgan fingerprint density at radius 1 is 1.16 bits per heavy atom. The molecule has 3 atom stereocenters. The van der Waals surface area contributed by atoms with Gasteiger partial charge >= 0.3 is 0 Å². The molecule has 2 aliphatic rings. The summed E-state index contributed by atoms with van der Waals surface area (Å²) in [5.74, 6) is 0.745. The highest BCUT2D eigenvalue weighted by Gasteiger charge is 2.36. The maximum Gasteiger partial charge on any atom is 0.254 e. The van der Waals surface area contributed by atoms with Crippen molar-refractivity contribution in [3.05, 3.63) is 29.3 Å². The number of anilines is 1. The minimum atomic E-state index is 0.194. The van der Waals surface area contributed by atoms with Crippen molar-refractivity contribution in [1.82, 2.24) is 9.80 Å². The van der Waals surface area contributed by atoms with Crippen LogP contribution < -0.4 is 5.32 Å². The zero-order chi connectivity index (χ0) is 18.1. The Kier molecular flexibility index (Phi) is 5.38. The molecular formula is C21H33N3O. The molecule has 0 aliphatic carbocycles. The van der Waals surface area contributed by atoms with E-state index in [-0.39, 0.29) is 5.91 Å². The second-order valence-electron chi connectivity index (χ2n) is 8.25. The molecule has 1 aromatic rings. The van der Waals surface area contributed by atoms with Gasteiger partial charge < -0.3 is 10.2 Å². The SMILES string of the molecule is Cc1c(N[C@H](C)C(C)C)cccc1C(=O)N1CC[C@H]2CC[C@@H](C1)N2C. The van der Waals surface area contributed by atoms with Crippen molar-refractivity contribution in [2.45, 2.75) is 65.1 Å². The predicted octanol–water partition coefficient (Wildman–Crippen LogP) is 3.76. The molecule has 0 unspecified atom stereocenters. The normalized spacial score (nSPS) is 25.1. The van der Waals surface area contributed by atoms with Crippen LogP contribution in [0.3, 0.4) is 0 Å². The highest BCUT2D eigenvalue weighted by atomic mass is 16.2. The Labute approximate surface area is 152 Å². The number of nitrogens with one attached hydrogen (secondary N) is 1. The van der Waals surface area contributed by atoms with E-state index in [4.69, 9.17) is 0 Å². The van der Waals surface area contributed by atoms with Gasteiger partial charge in [0.05, 0.1) is 0 Å². The lowest BCUT2D eigenvalue weighted by molar-refractivity contribution is 0.0739. The minimum absolute atomic E-state index is 0.194. The van der Waals surface area contributed by atoms with Crippen molar-refractivity contribution in [1.29, 1.82) is 0 Å². The first kappa shape index (κ1) is 18.2. The van der Waals surface area contributed by atoms with E-state index in [1.54, 1.807) is 0 Å². The largest absolute Gasteiger partial charge is 0.382 e. The Hall–Kier alpha value is -1.55. The first-order valence-corrected chi connectivity index (χ1v) is 9.75. The Balaban J connectivity index is 1.78. The Bertz CT molecular complexity index is 628. The number of likely N-dealkylation sites (tertiary alicyclic amines) is 1. The van der Waals surface area contributed by atoms with E-state index in [0.29, 0.717) is 24.0 Å². The molecule has 0 saturated carbocycles. The number of rotatable bonds is 4. The van der Waals surface area contributed by atoms with Crippen LogP contribution in [0.4, 0.5) is 5.69 Å². The summed E-state index contributed by atoms with van der Waals surface area (Å²) in [6.45, 7) is 10.4. The smallest absolute Gasteiger partial charge is 0.254 e. The van der Waals surface area contributed by atoms with E-state index in [1.807, 2.05) is 12.1 Å². The average molecular weight is 344 g/mol. The zero-order valence-electron chi connectivity index (χ0n) is 16.4. The van der Waals surface area contributed by atoms with Crippen molar-refractivity contribution in [2.75, 3.05) is 25.5 Å². The van der Waals surface area contributed by atoms with Crippen LogP contribution in [0.15, 0.2) is 18.2 Å². The highest BCUT2D eigenvalue weighted by Crippen LogP contribution is 2.30. The fourth-order valence-corrected chi connectivity index (χ4v) is 4.10. The zero-order valence-corrected chi connectivity index (χ0v) is 16.4. The quantitative estimate of drug-likeness (QED) is 0.904. The van der Waals surface area contributed by atoms with Crippen LogP contribution in [0.5, 0.6) is 0 Å². The second kappa shape index (κ2) is 7.36. The lowest BCUT2D eigenvalue weighted by Crippen LogP contribution is -2.40. The molecule has 4 nitrogen and oxygen atoms in total. The first-order chi connectivity index (χ1) is 11.9. The van der Waals surface area contributed by atoms with E-state index >= 15 is 0 Å². The molecule has 138 valence electrons. The third-order valence-electron chi connectivity index (χ3n) is 6.38. The van der Waals surface area contributed by atoms with E-state index < -0.39 is 0 Å². The van der Waals surface area contributed by atoms with Crippen LogP contribution in [0, 0.1) is 12.8 Å². The molecule has 0 radical (unpaired) electrons. The molecular weight excluding hydrogens is 310 g/mol. The van der Waals surface area contributed by atoms with Gasteiger partial charge in [0.25, 0.3) is 5.91 Å². The summed E-state index contributed by atoms with van der Waals surface area (Å²) >= 11 is 0. The molecule has 2 aliphatic heterocycles. The van der Waals surface area contributed by atoms with Crippen molar-refractivity contribution in [3.63, 3.8) is 0 Å². The van der Waals surface area contributed by atoms with Crippen LogP contribution in [0.1, 0.15) is 56.0 Å². The highest BCUT2D eigenvalue weighted by molar-refractivity contribution is 5.97. The summed E-state index contributed by atoms with van der Waals surface area (Å²) in [5.41, 5.74) is 3.00. The fraction of sp³-hybridized carbons (Fsp3) is 0.667. The van der Waals surface area contributed by atoms with Crippen LogP contribution >= 0.6 is 0 Å². The van der Waals surface area contributed by atoms with E-state index in [2.05, 4.69) is 55.9 Å². The van der Waals surface area contributed by atoms with Gasteiger partial charge in [-0.25, -0.2) is 0 Å². The summed E-state index contributed by atoms with van der Waals surface area (Å²) in [5, 5.41) is 3.58. The van der Waals surface area contributed by atoms with Crippen molar-refractivity contribution < 1.29 is 4.79 Å². The van der Waals surface area contributed by atoms with E-state index in [9.17, 15) is 4.79 Å². The lowest BCUT2D eigenvalue weighted by atomic mass is 10.0. The third kappa shape index (κ3) is 3.69. The number of carbonyl (C=O) groups excluding carboxylic acids is 1. The van der Waals surface area contributed by atoms with Crippen LogP contribution in [-0.4, -0.2) is 54.0 Å². The molecule has 2 saturated heterocycles. The summed E-state index contributed by atoms with van der Waals surface area (Å²) < 4.78 is 0. The van der Waals surface area contributed by atoms with Crippen LogP contribution in [0.2, 0.25) is 0 Å². The summed E-state index contributed by atoms with van der Waals surface area (Å²) in [4.78, 5) is 17.8. The molecule has 0 aromatic heterocycles. The van der Waals surface area contributed by atoms with Gasteiger partial charge in [-0.1, -0.05) is 19.9 Å². The van der Waals surface area contributed by atoms with E-state index in [1.165, 1.54) is 12.8 Å². The number of carbonyl (C=O) groups is 1. The standard InChI is InChI=1S/C21H33N3O/c1-14(2)16(4)22-20-8-6-7-19(15(20)3)21(25)24-12-11-17-9-10-18(13-24)23(17)5/h6-8,14,16-18,22H,9-13H2,1-5H3/t16-,17-,18+/m1/s1. The monoisotopic (exact) mass is 343 g/mol. The van der Waals surface area contributed by atoms with Gasteiger partial charge in [0, 0.05) is 42.5 Å². The van der Waals surface area contributed by atoms with Crippen molar-refractivity contribution >= 4 is 11.6 Å². The fourth-order valence-electron chi connectivity index (χ4n) is 4.10. The van der Waals surface area contributed by atoms with Gasteiger partial charge in [-0.2, -0.15) is 0 Å². The number of benzene rings is 1. The molecule has 2 fully saturated rings. The Morgan fingerprint density at radius 2 is 1.88 bits per heavy atom. The molecule has 3 rings (SSSR count). The molecule has 1 N–H and O–H groups in total. The number of likely N-dealkylation sites (N-methyl/N-ethyl adjacent to an activating group) is 1. The second-order valence-corrected chi connectivity index (χ2v) is 8.25. The van der Waals surface area contributed by atoms with Crippen LogP contribution in [-0.2, 0) is 0 Å². The molecule has 1 aromatic carbocycles. The van der Waals surface area contributed by atoms with Gasteiger partial charge in [0.15, 0.2) is 0 Å². The lowest BCUT2D eigenvalue weighted by Gasteiger charge is -2.27. The number of hydrogen-bond acceptors (Lipinski definition) is 3. The van der Waals surface area contributed by atoms with E-state index in [0.717, 1.165) is 36.3 Å². The number of hydrogen-bond donors (Lipinski definition) is 1. The van der Waals surface area contributed by atoms with Gasteiger partial charge in [0.2, 0.25) is 0 Å². The van der Waals surface area contributed by atoms with Crippen molar-refractivity contribution in [2.24, 2.45) is 5.92 Å². The predicted molar refractivity (Wildman–Crippen MR) is 104 cm³/mol. The van der Waals surface area contributed by atoms with Gasteiger partial charge in [-0.05, 0) is 63.8 Å².